The summed E-state index contributed by atoms with van der Waals surface area (Å²) < 4.78 is 30.7. The fourth-order valence-electron chi connectivity index (χ4n) is 5.01. The van der Waals surface area contributed by atoms with Crippen LogP contribution in [0.5, 0.6) is 5.75 Å². The summed E-state index contributed by atoms with van der Waals surface area (Å²) in [7, 11) is 0. The Hall–Kier alpha value is -3.75. The number of fused-ring (bicyclic) bond motifs is 2. The van der Waals surface area contributed by atoms with Crippen molar-refractivity contribution in [2.24, 2.45) is 0 Å². The lowest BCUT2D eigenvalue weighted by Gasteiger charge is -2.47. The van der Waals surface area contributed by atoms with Crippen molar-refractivity contribution in [3.05, 3.63) is 114 Å². The fourth-order valence-corrected chi connectivity index (χ4v) is 5.01. The number of aryl methyl sites for hydroxylation is 1. The standard InChI is InChI=1S/C31H28O7/c1-19-16-17-20-10-8-9-15-23(20)25(19)36-27-26-24(18-34-31(38-26)22-13-6-3-7-14-22)35-30(33)28(27)37-29(32)21-11-4-2-5-12-21/h2-17,24,26-28,30-31,33H,18H2,1H3/t24-,26-,27+,28-,30-,31?/m1/s1. The number of benzene rings is 4. The molecule has 2 saturated heterocycles. The van der Waals surface area contributed by atoms with Gasteiger partial charge in [0.15, 0.2) is 24.8 Å². The van der Waals surface area contributed by atoms with Gasteiger partial charge in [-0.25, -0.2) is 4.79 Å². The van der Waals surface area contributed by atoms with E-state index in [4.69, 9.17) is 23.7 Å². The Kier molecular flexibility index (Phi) is 6.82. The van der Waals surface area contributed by atoms with E-state index >= 15 is 0 Å². The van der Waals surface area contributed by atoms with Crippen molar-refractivity contribution in [2.45, 2.75) is 43.9 Å². The van der Waals surface area contributed by atoms with Crippen LogP contribution in [0.4, 0.5) is 0 Å². The molecule has 0 radical (unpaired) electrons. The van der Waals surface area contributed by atoms with E-state index in [0.717, 1.165) is 21.9 Å². The van der Waals surface area contributed by atoms with Gasteiger partial charge in [0.25, 0.3) is 0 Å². The van der Waals surface area contributed by atoms with Crippen molar-refractivity contribution >= 4 is 16.7 Å². The van der Waals surface area contributed by atoms with Crippen LogP contribution in [0, 0.1) is 6.92 Å². The van der Waals surface area contributed by atoms with Gasteiger partial charge in [-0.1, -0.05) is 84.9 Å². The number of hydrogen-bond donors (Lipinski definition) is 1. The van der Waals surface area contributed by atoms with E-state index in [1.807, 2.05) is 79.7 Å². The number of rotatable bonds is 5. The Morgan fingerprint density at radius 2 is 1.55 bits per heavy atom. The molecule has 2 aliphatic heterocycles. The first-order chi connectivity index (χ1) is 18.6. The zero-order chi connectivity index (χ0) is 26.1. The molecule has 2 heterocycles. The van der Waals surface area contributed by atoms with Crippen LogP contribution in [0.2, 0.25) is 0 Å². The van der Waals surface area contributed by atoms with E-state index in [-0.39, 0.29) is 6.61 Å². The number of ether oxygens (including phenoxy) is 5. The predicted molar refractivity (Wildman–Crippen MR) is 140 cm³/mol. The SMILES string of the molecule is Cc1ccc2ccccc2c1O[C@@H]1[C@@H](OC(=O)c2ccccc2)[C@H](O)O[C@@H]2COC(c3ccccc3)O[C@@H]12. The van der Waals surface area contributed by atoms with Gasteiger partial charge in [0.05, 0.1) is 12.2 Å². The zero-order valence-corrected chi connectivity index (χ0v) is 20.8. The normalized spacial score (nSPS) is 26.9. The number of aliphatic hydroxyl groups excluding tert-OH is 1. The van der Waals surface area contributed by atoms with Crippen molar-refractivity contribution in [1.29, 1.82) is 0 Å². The van der Waals surface area contributed by atoms with Gasteiger partial charge in [0.2, 0.25) is 0 Å². The molecular weight excluding hydrogens is 484 g/mol. The Morgan fingerprint density at radius 3 is 2.34 bits per heavy atom. The largest absolute Gasteiger partial charge is 0.483 e. The Balaban J connectivity index is 1.38. The molecule has 0 saturated carbocycles. The van der Waals surface area contributed by atoms with Crippen molar-refractivity contribution in [3.8, 4) is 5.75 Å². The van der Waals surface area contributed by atoms with Crippen LogP contribution in [-0.2, 0) is 18.9 Å². The maximum Gasteiger partial charge on any atom is 0.338 e. The van der Waals surface area contributed by atoms with Gasteiger partial charge in [-0.05, 0) is 30.0 Å². The fraction of sp³-hybridized carbons (Fsp3) is 0.258. The summed E-state index contributed by atoms with van der Waals surface area (Å²) in [6.07, 6.45) is -5.46. The molecule has 0 aliphatic carbocycles. The van der Waals surface area contributed by atoms with Gasteiger partial charge in [-0.2, -0.15) is 0 Å². The molecule has 7 nitrogen and oxygen atoms in total. The summed E-state index contributed by atoms with van der Waals surface area (Å²) in [5.74, 6) is 0.0414. The third kappa shape index (κ3) is 4.77. The molecule has 0 spiro atoms. The van der Waals surface area contributed by atoms with Gasteiger partial charge < -0.3 is 28.8 Å². The van der Waals surface area contributed by atoms with Gasteiger partial charge in [-0.15, -0.1) is 0 Å². The molecule has 0 aromatic heterocycles. The zero-order valence-electron chi connectivity index (χ0n) is 20.8. The monoisotopic (exact) mass is 512 g/mol. The summed E-state index contributed by atoms with van der Waals surface area (Å²) in [6, 6.07) is 30.1. The van der Waals surface area contributed by atoms with Crippen molar-refractivity contribution in [3.63, 3.8) is 0 Å². The minimum atomic E-state index is -1.44. The lowest BCUT2D eigenvalue weighted by atomic mass is 9.96. The number of carbonyl (C=O) groups excluding carboxylic acids is 1. The molecule has 6 rings (SSSR count). The van der Waals surface area contributed by atoms with Gasteiger partial charge in [0, 0.05) is 10.9 Å². The maximum atomic E-state index is 13.1. The van der Waals surface area contributed by atoms with Crippen molar-refractivity contribution < 1.29 is 33.6 Å². The van der Waals surface area contributed by atoms with Crippen LogP contribution in [-0.4, -0.2) is 48.4 Å². The van der Waals surface area contributed by atoms with Crippen LogP contribution in [0.1, 0.15) is 27.8 Å². The van der Waals surface area contributed by atoms with E-state index in [0.29, 0.717) is 11.3 Å². The predicted octanol–water partition coefficient (Wildman–Crippen LogP) is 4.95. The highest BCUT2D eigenvalue weighted by atomic mass is 16.7. The molecule has 4 aromatic carbocycles. The average molecular weight is 513 g/mol. The quantitative estimate of drug-likeness (QED) is 0.379. The first kappa shape index (κ1) is 24.6. The minimum absolute atomic E-state index is 0.176. The van der Waals surface area contributed by atoms with Crippen LogP contribution < -0.4 is 4.74 Å². The summed E-state index contributed by atoms with van der Waals surface area (Å²) in [4.78, 5) is 13.1. The first-order valence-corrected chi connectivity index (χ1v) is 12.6. The Bertz CT molecular complexity index is 1410. The molecule has 1 N–H and O–H groups in total. The summed E-state index contributed by atoms with van der Waals surface area (Å²) in [6.45, 7) is 2.13. The average Bonchev–Trinajstić information content (AvgIpc) is 2.96. The highest BCUT2D eigenvalue weighted by Crippen LogP contribution is 2.39. The Morgan fingerprint density at radius 1 is 0.842 bits per heavy atom. The number of carbonyl (C=O) groups is 1. The molecule has 2 fully saturated rings. The maximum absolute atomic E-state index is 13.1. The molecule has 7 heteroatoms. The molecule has 0 amide bonds. The second-order valence-corrected chi connectivity index (χ2v) is 9.49. The lowest BCUT2D eigenvalue weighted by molar-refractivity contribution is -0.350. The lowest BCUT2D eigenvalue weighted by Crippen LogP contribution is -2.64. The third-order valence-electron chi connectivity index (χ3n) is 6.96. The molecule has 6 atom stereocenters. The van der Waals surface area contributed by atoms with Crippen molar-refractivity contribution in [1.82, 2.24) is 0 Å². The number of aliphatic hydroxyl groups is 1. The summed E-state index contributed by atoms with van der Waals surface area (Å²) in [5.41, 5.74) is 2.10. The van der Waals surface area contributed by atoms with Crippen LogP contribution in [0.25, 0.3) is 10.8 Å². The Labute approximate surface area is 220 Å². The number of hydrogen-bond acceptors (Lipinski definition) is 7. The van der Waals surface area contributed by atoms with Gasteiger partial charge in [-0.3, -0.25) is 0 Å². The first-order valence-electron chi connectivity index (χ1n) is 12.6. The van der Waals surface area contributed by atoms with E-state index in [2.05, 4.69) is 0 Å². The van der Waals surface area contributed by atoms with E-state index < -0.39 is 43.0 Å². The van der Waals surface area contributed by atoms with Gasteiger partial charge in [0.1, 0.15) is 18.0 Å². The molecular formula is C31H28O7. The molecule has 2 aliphatic rings. The van der Waals surface area contributed by atoms with Crippen LogP contribution in [0.3, 0.4) is 0 Å². The minimum Gasteiger partial charge on any atom is -0.483 e. The number of esters is 1. The highest BCUT2D eigenvalue weighted by Gasteiger charge is 2.53. The molecule has 0 bridgehead atoms. The topological polar surface area (TPSA) is 83.5 Å². The van der Waals surface area contributed by atoms with E-state index in [1.54, 1.807) is 24.3 Å². The van der Waals surface area contributed by atoms with Gasteiger partial charge >= 0.3 is 5.97 Å². The summed E-state index contributed by atoms with van der Waals surface area (Å²) in [5, 5.41) is 12.9. The van der Waals surface area contributed by atoms with E-state index in [9.17, 15) is 9.90 Å². The van der Waals surface area contributed by atoms with E-state index in [1.165, 1.54) is 0 Å². The molecule has 194 valence electrons. The summed E-state index contributed by atoms with van der Waals surface area (Å²) >= 11 is 0. The highest BCUT2D eigenvalue weighted by molar-refractivity contribution is 5.90. The molecule has 4 aromatic rings. The van der Waals surface area contributed by atoms with Crippen LogP contribution in [0.15, 0.2) is 97.1 Å². The second kappa shape index (κ2) is 10.6. The van der Waals surface area contributed by atoms with Crippen molar-refractivity contribution in [2.75, 3.05) is 6.61 Å². The molecule has 1 unspecified atom stereocenters. The third-order valence-corrected chi connectivity index (χ3v) is 6.96. The van der Waals surface area contributed by atoms with Crippen LogP contribution >= 0.6 is 0 Å². The smallest absolute Gasteiger partial charge is 0.338 e. The second-order valence-electron chi connectivity index (χ2n) is 9.49. The molecule has 38 heavy (non-hydrogen) atoms.